The largest absolute Gasteiger partial charge is 0.451 e. The number of aromatic nitrogens is 3. The molecule has 1 aromatic heterocycles. The van der Waals surface area contributed by atoms with E-state index in [-0.39, 0.29) is 6.54 Å². The second-order valence-electron chi connectivity index (χ2n) is 3.14. The van der Waals surface area contributed by atoms with E-state index in [1.165, 1.54) is 0 Å². The highest BCUT2D eigenvalue weighted by Crippen LogP contribution is 2.29. The predicted molar refractivity (Wildman–Crippen MR) is 40.8 cm³/mol. The number of hydrogen-bond acceptors (Lipinski definition) is 3. The SMILES string of the molecule is [CH2-]N1CCn2c(nnc2C(F)(F)F)C1. The summed E-state index contributed by atoms with van der Waals surface area (Å²) in [5.41, 5.74) is 0. The summed E-state index contributed by atoms with van der Waals surface area (Å²) >= 11 is 0. The van der Waals surface area contributed by atoms with E-state index in [2.05, 4.69) is 17.2 Å². The Bertz CT molecular complexity index is 343. The highest BCUT2D eigenvalue weighted by atomic mass is 19.4. The molecule has 0 atom stereocenters. The molecule has 0 spiro atoms. The van der Waals surface area contributed by atoms with E-state index in [1.54, 1.807) is 4.90 Å². The molecule has 4 nitrogen and oxygen atoms in total. The number of alkyl halides is 3. The van der Waals surface area contributed by atoms with Crippen LogP contribution in [-0.4, -0.2) is 26.2 Å². The van der Waals surface area contributed by atoms with Crippen LogP contribution in [0, 0.1) is 7.05 Å². The quantitative estimate of drug-likeness (QED) is 0.590. The number of rotatable bonds is 0. The Morgan fingerprint density at radius 1 is 1.21 bits per heavy atom. The molecule has 2 rings (SSSR count). The van der Waals surface area contributed by atoms with Gasteiger partial charge in [-0.3, -0.25) is 7.05 Å². The van der Waals surface area contributed by atoms with E-state index in [1.807, 2.05) is 0 Å². The molecule has 0 saturated heterocycles. The van der Waals surface area contributed by atoms with E-state index < -0.39 is 12.0 Å². The third kappa shape index (κ3) is 1.47. The van der Waals surface area contributed by atoms with Gasteiger partial charge in [-0.05, 0) is 6.54 Å². The zero-order valence-electron chi connectivity index (χ0n) is 7.25. The highest BCUT2D eigenvalue weighted by molar-refractivity contribution is 5.02. The van der Waals surface area contributed by atoms with Crippen LogP contribution in [-0.2, 0) is 19.3 Å². The minimum atomic E-state index is -4.42. The Labute approximate surface area is 78.3 Å². The first-order chi connectivity index (χ1) is 6.48. The molecule has 14 heavy (non-hydrogen) atoms. The molecule has 2 heterocycles. The molecule has 7 heteroatoms. The molecule has 0 radical (unpaired) electrons. The second kappa shape index (κ2) is 2.94. The molecule has 0 aliphatic carbocycles. The topological polar surface area (TPSA) is 34.0 Å². The van der Waals surface area contributed by atoms with Crippen LogP contribution in [0.25, 0.3) is 0 Å². The maximum atomic E-state index is 12.4. The summed E-state index contributed by atoms with van der Waals surface area (Å²) in [6.07, 6.45) is -4.42. The van der Waals surface area contributed by atoms with Gasteiger partial charge >= 0.3 is 6.18 Å². The van der Waals surface area contributed by atoms with Crippen molar-refractivity contribution in [3.8, 4) is 0 Å². The van der Waals surface area contributed by atoms with Gasteiger partial charge in [-0.15, -0.1) is 10.2 Å². The summed E-state index contributed by atoms with van der Waals surface area (Å²) in [6.45, 7) is 1.03. The average molecular weight is 205 g/mol. The molecule has 1 aromatic rings. The molecule has 0 saturated carbocycles. The third-order valence-corrected chi connectivity index (χ3v) is 2.09. The fraction of sp³-hybridized carbons (Fsp3) is 0.571. The van der Waals surface area contributed by atoms with E-state index in [9.17, 15) is 13.2 Å². The van der Waals surface area contributed by atoms with Crippen LogP contribution in [0.5, 0.6) is 0 Å². The Hall–Kier alpha value is -1.11. The lowest BCUT2D eigenvalue weighted by atomic mass is 10.3. The molecule has 1 aliphatic rings. The van der Waals surface area contributed by atoms with Crippen molar-refractivity contribution in [2.24, 2.45) is 0 Å². The predicted octanol–water partition coefficient (Wildman–Crippen LogP) is 0.904. The van der Waals surface area contributed by atoms with Crippen molar-refractivity contribution in [1.82, 2.24) is 19.7 Å². The lowest BCUT2D eigenvalue weighted by Gasteiger charge is -2.30. The smallest absolute Gasteiger partial charge is 0.451 e. The summed E-state index contributed by atoms with van der Waals surface area (Å²) in [5, 5.41) is 6.62. The lowest BCUT2D eigenvalue weighted by Crippen LogP contribution is -2.31. The summed E-state index contributed by atoms with van der Waals surface area (Å²) in [4.78, 5) is 1.66. The zero-order valence-corrected chi connectivity index (χ0v) is 7.25. The Kier molecular flexibility index (Phi) is 1.99. The van der Waals surface area contributed by atoms with Gasteiger partial charge in [0.15, 0.2) is 0 Å². The maximum Gasteiger partial charge on any atom is 0.451 e. The van der Waals surface area contributed by atoms with E-state index in [0.29, 0.717) is 18.9 Å². The molecule has 0 bridgehead atoms. The minimum absolute atomic E-state index is 0.237. The summed E-state index contributed by atoms with van der Waals surface area (Å²) in [6, 6.07) is 0. The van der Waals surface area contributed by atoms with Crippen LogP contribution in [0.4, 0.5) is 13.2 Å². The van der Waals surface area contributed by atoms with Crippen LogP contribution >= 0.6 is 0 Å². The monoisotopic (exact) mass is 205 g/mol. The summed E-state index contributed by atoms with van der Waals surface area (Å²) in [5.74, 6) is -0.598. The van der Waals surface area contributed by atoms with Crippen LogP contribution in [0.1, 0.15) is 11.6 Å². The fourth-order valence-corrected chi connectivity index (χ4v) is 1.42. The number of fused-ring (bicyclic) bond motifs is 1. The number of hydrogen-bond donors (Lipinski definition) is 0. The standard InChI is InChI=1S/C7H8F3N4/c1-13-2-3-14-5(4-13)11-12-6(14)7(8,9)10/h1-4H2/q-1. The van der Waals surface area contributed by atoms with Gasteiger partial charge in [0.1, 0.15) is 5.82 Å². The first kappa shape index (κ1) is 9.45. The van der Waals surface area contributed by atoms with Crippen LogP contribution < -0.4 is 0 Å². The lowest BCUT2D eigenvalue weighted by molar-refractivity contribution is -0.147. The van der Waals surface area contributed by atoms with Gasteiger partial charge in [-0.1, -0.05) is 0 Å². The van der Waals surface area contributed by atoms with Crippen LogP contribution in [0.3, 0.4) is 0 Å². The molecular formula is C7H8F3N4-. The van der Waals surface area contributed by atoms with Gasteiger partial charge in [-0.2, -0.15) is 13.2 Å². The average Bonchev–Trinajstić information content (AvgIpc) is 2.45. The summed E-state index contributed by atoms with van der Waals surface area (Å²) < 4.78 is 38.2. The summed E-state index contributed by atoms with van der Waals surface area (Å²) in [7, 11) is 3.64. The van der Waals surface area contributed by atoms with Crippen molar-refractivity contribution in [2.45, 2.75) is 19.3 Å². The molecule has 0 unspecified atom stereocenters. The van der Waals surface area contributed by atoms with E-state index in [0.717, 1.165) is 4.57 Å². The molecule has 0 N–H and O–H groups in total. The second-order valence-corrected chi connectivity index (χ2v) is 3.14. The first-order valence-corrected chi connectivity index (χ1v) is 4.03. The molecule has 0 amide bonds. The van der Waals surface area contributed by atoms with Crippen molar-refractivity contribution in [3.05, 3.63) is 18.7 Å². The molecule has 0 fully saturated rings. The minimum Gasteiger partial charge on any atom is -0.451 e. The van der Waals surface area contributed by atoms with Crippen molar-refractivity contribution >= 4 is 0 Å². The van der Waals surface area contributed by atoms with Gasteiger partial charge in [0.05, 0.1) is 0 Å². The normalized spacial score (nSPS) is 18.3. The van der Waals surface area contributed by atoms with Crippen molar-refractivity contribution in [2.75, 3.05) is 6.54 Å². The number of nitrogens with zero attached hydrogens (tertiary/aromatic N) is 4. The van der Waals surface area contributed by atoms with Crippen LogP contribution in [0.2, 0.25) is 0 Å². The zero-order chi connectivity index (χ0) is 10.3. The Morgan fingerprint density at radius 3 is 2.57 bits per heavy atom. The van der Waals surface area contributed by atoms with Crippen molar-refractivity contribution in [3.63, 3.8) is 0 Å². The van der Waals surface area contributed by atoms with Gasteiger partial charge in [0.2, 0.25) is 5.82 Å². The van der Waals surface area contributed by atoms with E-state index >= 15 is 0 Å². The molecule has 0 aromatic carbocycles. The number of halogens is 3. The fourth-order valence-electron chi connectivity index (χ4n) is 1.42. The van der Waals surface area contributed by atoms with Gasteiger partial charge < -0.3 is 9.47 Å². The highest BCUT2D eigenvalue weighted by Gasteiger charge is 2.38. The third-order valence-electron chi connectivity index (χ3n) is 2.09. The maximum absolute atomic E-state index is 12.4. The molecule has 78 valence electrons. The van der Waals surface area contributed by atoms with E-state index in [4.69, 9.17) is 0 Å². The van der Waals surface area contributed by atoms with Gasteiger partial charge in [0, 0.05) is 13.1 Å². The molecular weight excluding hydrogens is 197 g/mol. The van der Waals surface area contributed by atoms with Crippen LogP contribution in [0.15, 0.2) is 0 Å². The Balaban J connectivity index is 2.38. The Morgan fingerprint density at radius 2 is 1.93 bits per heavy atom. The van der Waals surface area contributed by atoms with Gasteiger partial charge in [-0.25, -0.2) is 0 Å². The van der Waals surface area contributed by atoms with Crippen molar-refractivity contribution < 1.29 is 13.2 Å². The van der Waals surface area contributed by atoms with Crippen molar-refractivity contribution in [1.29, 1.82) is 0 Å². The first-order valence-electron chi connectivity index (χ1n) is 4.03. The molecule has 1 aliphatic heterocycles. The van der Waals surface area contributed by atoms with Gasteiger partial charge in [0.25, 0.3) is 0 Å².